The van der Waals surface area contributed by atoms with Gasteiger partial charge in [0, 0.05) is 0 Å². The van der Waals surface area contributed by atoms with Gasteiger partial charge in [0.25, 0.3) is 0 Å². The summed E-state index contributed by atoms with van der Waals surface area (Å²) in [5, 5.41) is 3.87. The molecule has 0 aromatic rings. The summed E-state index contributed by atoms with van der Waals surface area (Å²) < 4.78 is 5.55. The van der Waals surface area contributed by atoms with Crippen LogP contribution in [0.15, 0.2) is 0 Å². The maximum absolute atomic E-state index is 3.87. The van der Waals surface area contributed by atoms with Gasteiger partial charge in [0.15, 0.2) is 0 Å². The van der Waals surface area contributed by atoms with Gasteiger partial charge in [-0.1, -0.05) is 0 Å². The van der Waals surface area contributed by atoms with E-state index < -0.39 is 18.4 Å². The van der Waals surface area contributed by atoms with Crippen LogP contribution >= 0.6 is 0 Å². The number of unbranched alkanes of at least 4 members (excludes halogenated alkanes) is 3. The topological polar surface area (TPSA) is 21.9 Å². The summed E-state index contributed by atoms with van der Waals surface area (Å²) in [4.78, 5) is 0. The first-order valence-corrected chi connectivity index (χ1v) is 15.8. The summed E-state index contributed by atoms with van der Waals surface area (Å²) in [5.41, 5.74) is 0. The Morgan fingerprint density at radius 2 is 1.22 bits per heavy atom. The fourth-order valence-electron chi connectivity index (χ4n) is 3.72. The van der Waals surface area contributed by atoms with E-state index in [-0.39, 0.29) is 0 Å². The van der Waals surface area contributed by atoms with E-state index in [2.05, 4.69) is 39.9 Å². The van der Waals surface area contributed by atoms with Crippen molar-refractivity contribution in [3.05, 3.63) is 0 Å². The summed E-state index contributed by atoms with van der Waals surface area (Å²) >= 11 is -1.99. The molecule has 0 aromatic heterocycles. The molecule has 18 heavy (non-hydrogen) atoms. The van der Waals surface area contributed by atoms with Crippen LogP contribution in [-0.4, -0.2) is 28.0 Å². The van der Waals surface area contributed by atoms with E-state index in [4.69, 9.17) is 0 Å². The molecule has 108 valence electrons. The van der Waals surface area contributed by atoms with Gasteiger partial charge in [-0.05, 0) is 0 Å². The van der Waals surface area contributed by atoms with Crippen LogP contribution in [0.5, 0.6) is 0 Å². The molecule has 0 radical (unpaired) electrons. The molecule has 2 heteroatoms. The Kier molecular flexibility index (Phi) is 7.02. The van der Waals surface area contributed by atoms with Gasteiger partial charge in [-0.15, -0.1) is 0 Å². The van der Waals surface area contributed by atoms with Crippen molar-refractivity contribution >= 4 is 18.4 Å². The second-order valence-corrected chi connectivity index (χ2v) is 21.2. The normalized spacial score (nSPS) is 27.5. The summed E-state index contributed by atoms with van der Waals surface area (Å²) in [6.45, 7) is 12.1. The Morgan fingerprint density at radius 1 is 0.889 bits per heavy atom. The zero-order valence-electron chi connectivity index (χ0n) is 13.4. The summed E-state index contributed by atoms with van der Waals surface area (Å²) in [6.07, 6.45) is 8.65. The van der Waals surface area contributed by atoms with Crippen molar-refractivity contribution in [2.45, 2.75) is 96.1 Å². The zero-order chi connectivity index (χ0) is 13.6. The summed E-state index contributed by atoms with van der Waals surface area (Å²) in [7, 11) is 0. The molecule has 0 aliphatic carbocycles. The maximum atomic E-state index is 3.87. The number of rotatable bonds is 10. The predicted molar refractivity (Wildman–Crippen MR) is 85.9 cm³/mol. The Hall–Kier alpha value is 0.759. The second kappa shape index (κ2) is 7.52. The van der Waals surface area contributed by atoms with Gasteiger partial charge in [0.1, 0.15) is 0 Å². The summed E-state index contributed by atoms with van der Waals surface area (Å²) in [5.74, 6) is 0. The minimum absolute atomic E-state index is 0.633. The molecular weight excluding hydrogens is 325 g/mol. The van der Waals surface area contributed by atoms with E-state index in [0.717, 1.165) is 6.04 Å². The molecule has 1 heterocycles. The van der Waals surface area contributed by atoms with Gasteiger partial charge in [0.2, 0.25) is 0 Å². The van der Waals surface area contributed by atoms with Crippen LogP contribution in [0.2, 0.25) is 13.3 Å². The Balaban J connectivity index is 2.78. The molecule has 1 rings (SSSR count). The van der Waals surface area contributed by atoms with Crippen LogP contribution in [0.1, 0.15) is 73.1 Å². The average molecular weight is 360 g/mol. The van der Waals surface area contributed by atoms with Gasteiger partial charge in [-0.3, -0.25) is 0 Å². The first-order chi connectivity index (χ1) is 8.56. The molecule has 0 aromatic carbocycles. The van der Waals surface area contributed by atoms with Crippen LogP contribution in [0.3, 0.4) is 0 Å². The SMILES string of the molecule is CCC[CH2][Sn]([CH2]CCC)([CH2]CCC)[C@]1(C)N[C@H]1C. The molecule has 1 saturated heterocycles. The molecule has 0 bridgehead atoms. The molecular formula is C16H35NSn. The quantitative estimate of drug-likeness (QED) is 0.424. The van der Waals surface area contributed by atoms with Crippen LogP contribution in [0, 0.1) is 0 Å². The molecule has 1 aliphatic rings. The monoisotopic (exact) mass is 361 g/mol. The van der Waals surface area contributed by atoms with E-state index in [1.54, 1.807) is 13.3 Å². The third-order valence-corrected chi connectivity index (χ3v) is 24.6. The van der Waals surface area contributed by atoms with Crippen LogP contribution in [0.4, 0.5) is 0 Å². The standard InChI is InChI=1S/C4H8N.3C4H9.Sn/c1-3-4(2)5-3;3*1-3-4-2;/h3,5H,1-2H3;3*1,3-4H2,2H3;/t3-;;;;/m0..../s1. The van der Waals surface area contributed by atoms with Crippen molar-refractivity contribution in [2.75, 3.05) is 0 Å². The van der Waals surface area contributed by atoms with Crippen molar-refractivity contribution in [3.63, 3.8) is 0 Å². The van der Waals surface area contributed by atoms with Gasteiger partial charge in [-0.2, -0.15) is 0 Å². The van der Waals surface area contributed by atoms with E-state index in [0.29, 0.717) is 3.55 Å². The van der Waals surface area contributed by atoms with Crippen LogP contribution in [-0.2, 0) is 0 Å². The molecule has 1 aliphatic heterocycles. The molecule has 1 fully saturated rings. The fraction of sp³-hybridized carbons (Fsp3) is 1.00. The number of hydrogen-bond acceptors (Lipinski definition) is 1. The van der Waals surface area contributed by atoms with E-state index in [9.17, 15) is 0 Å². The molecule has 0 unspecified atom stereocenters. The predicted octanol–water partition coefficient (Wildman–Crippen LogP) is 5.13. The average Bonchev–Trinajstić information content (AvgIpc) is 2.98. The molecule has 1 N–H and O–H groups in total. The first kappa shape index (κ1) is 16.8. The Bertz CT molecular complexity index is 219. The molecule has 0 amide bonds. The molecule has 2 atom stereocenters. The van der Waals surface area contributed by atoms with Gasteiger partial charge >= 0.3 is 120 Å². The van der Waals surface area contributed by atoms with Crippen molar-refractivity contribution in [1.82, 2.24) is 5.32 Å². The Morgan fingerprint density at radius 3 is 1.44 bits per heavy atom. The van der Waals surface area contributed by atoms with Crippen LogP contribution < -0.4 is 5.32 Å². The van der Waals surface area contributed by atoms with E-state index in [1.165, 1.54) is 38.5 Å². The van der Waals surface area contributed by atoms with Crippen molar-refractivity contribution in [1.29, 1.82) is 0 Å². The number of nitrogens with one attached hydrogen (secondary N) is 1. The zero-order valence-corrected chi connectivity index (χ0v) is 16.3. The first-order valence-electron chi connectivity index (χ1n) is 8.34. The number of hydrogen-bond donors (Lipinski definition) is 1. The van der Waals surface area contributed by atoms with Crippen molar-refractivity contribution in [3.8, 4) is 0 Å². The van der Waals surface area contributed by atoms with Gasteiger partial charge < -0.3 is 0 Å². The minimum atomic E-state index is -1.99. The Labute approximate surface area is 119 Å². The van der Waals surface area contributed by atoms with Crippen molar-refractivity contribution in [2.24, 2.45) is 0 Å². The third-order valence-electron chi connectivity index (χ3n) is 5.43. The third kappa shape index (κ3) is 3.65. The van der Waals surface area contributed by atoms with E-state index >= 15 is 0 Å². The van der Waals surface area contributed by atoms with E-state index in [1.807, 2.05) is 0 Å². The molecule has 1 nitrogen and oxygen atoms in total. The fourth-order valence-corrected chi connectivity index (χ4v) is 23.2. The summed E-state index contributed by atoms with van der Waals surface area (Å²) in [6, 6.07) is 0.818. The molecule has 0 saturated carbocycles. The van der Waals surface area contributed by atoms with Crippen LogP contribution in [0.25, 0.3) is 0 Å². The van der Waals surface area contributed by atoms with Gasteiger partial charge in [0.05, 0.1) is 0 Å². The second-order valence-electron chi connectivity index (χ2n) is 6.66. The van der Waals surface area contributed by atoms with Gasteiger partial charge in [-0.25, -0.2) is 0 Å². The molecule has 0 spiro atoms. The van der Waals surface area contributed by atoms with Crippen molar-refractivity contribution < 1.29 is 0 Å².